The molecule has 1 aliphatic carbocycles. The van der Waals surface area contributed by atoms with Crippen LogP contribution in [0.25, 0.3) is 0 Å². The van der Waals surface area contributed by atoms with Crippen molar-refractivity contribution in [1.82, 2.24) is 15.7 Å². The van der Waals surface area contributed by atoms with E-state index in [2.05, 4.69) is 29.0 Å². The van der Waals surface area contributed by atoms with E-state index >= 15 is 0 Å². The smallest absolute Gasteiger partial charge is 0.278 e. The maximum Gasteiger partial charge on any atom is 0.278 e. The monoisotopic (exact) mass is 397 g/mol. The number of rotatable bonds is 4. The summed E-state index contributed by atoms with van der Waals surface area (Å²) in [5.74, 6) is 9.16. The highest BCUT2D eigenvalue weighted by Gasteiger charge is 2.47. The summed E-state index contributed by atoms with van der Waals surface area (Å²) in [6, 6.07) is 6.32. The molecule has 8 heteroatoms. The van der Waals surface area contributed by atoms with E-state index in [0.717, 1.165) is 4.90 Å². The molecule has 1 saturated carbocycles. The number of benzene rings is 1. The third-order valence-corrected chi connectivity index (χ3v) is 4.98. The van der Waals surface area contributed by atoms with Gasteiger partial charge in [-0.15, -0.1) is 0 Å². The van der Waals surface area contributed by atoms with Crippen LogP contribution >= 0.6 is 0 Å². The first-order valence-corrected chi connectivity index (χ1v) is 8.98. The first-order valence-electron chi connectivity index (χ1n) is 8.98. The van der Waals surface area contributed by atoms with Gasteiger partial charge in [-0.1, -0.05) is 11.8 Å². The molecule has 4 N–H and O–H groups in total. The van der Waals surface area contributed by atoms with Gasteiger partial charge in [0.25, 0.3) is 17.7 Å². The number of hydroxylamine groups is 1. The molecular weight excluding hydrogens is 374 g/mol. The highest BCUT2D eigenvalue weighted by molar-refractivity contribution is 6.12. The molecule has 8 nitrogen and oxygen atoms in total. The van der Waals surface area contributed by atoms with Gasteiger partial charge in [0, 0.05) is 31.1 Å². The zero-order chi connectivity index (χ0) is 21.6. The molecule has 1 aromatic carbocycles. The Bertz CT molecular complexity index is 896. The van der Waals surface area contributed by atoms with E-state index in [-0.39, 0.29) is 17.6 Å². The van der Waals surface area contributed by atoms with Gasteiger partial charge < -0.3 is 15.3 Å². The van der Waals surface area contributed by atoms with Crippen molar-refractivity contribution < 1.29 is 24.7 Å². The van der Waals surface area contributed by atoms with Gasteiger partial charge in [-0.25, -0.2) is 5.48 Å². The van der Waals surface area contributed by atoms with Crippen molar-refractivity contribution in [3.63, 3.8) is 0 Å². The third-order valence-electron chi connectivity index (χ3n) is 4.98. The molecule has 3 amide bonds. The number of hydrogen-bond donors (Lipinski definition) is 4. The number of aliphatic hydroxyl groups is 1. The maximum absolute atomic E-state index is 12.8. The van der Waals surface area contributed by atoms with Gasteiger partial charge in [-0.05, 0) is 55.9 Å². The SMILES string of the molecule is CNC(=O)C(C)(C(=O)NO)N(C)C(=O)c1ccc(C#CC#CC2CC(O)C2)cc1. The average molecular weight is 397 g/mol. The summed E-state index contributed by atoms with van der Waals surface area (Å²) in [5, 5.41) is 20.5. The minimum Gasteiger partial charge on any atom is -0.393 e. The van der Waals surface area contributed by atoms with Crippen LogP contribution in [0, 0.1) is 29.6 Å². The average Bonchev–Trinajstić information content (AvgIpc) is 2.72. The molecule has 0 aliphatic heterocycles. The fraction of sp³-hybridized carbons (Fsp3) is 0.381. The van der Waals surface area contributed by atoms with Crippen LogP contribution in [0.4, 0.5) is 0 Å². The number of nitrogens with one attached hydrogen (secondary N) is 2. The Morgan fingerprint density at radius 1 is 1.14 bits per heavy atom. The first-order chi connectivity index (χ1) is 13.7. The van der Waals surface area contributed by atoms with Crippen molar-refractivity contribution in [1.29, 1.82) is 0 Å². The minimum atomic E-state index is -1.94. The van der Waals surface area contributed by atoms with E-state index in [0.29, 0.717) is 18.4 Å². The molecule has 152 valence electrons. The van der Waals surface area contributed by atoms with E-state index in [9.17, 15) is 19.5 Å². The number of nitrogens with zero attached hydrogens (tertiary/aromatic N) is 1. The van der Waals surface area contributed by atoms with Crippen molar-refractivity contribution in [2.75, 3.05) is 14.1 Å². The van der Waals surface area contributed by atoms with Gasteiger partial charge in [0.15, 0.2) is 5.54 Å². The Labute approximate surface area is 169 Å². The number of carbonyl (C=O) groups is 3. The fourth-order valence-electron chi connectivity index (χ4n) is 2.80. The van der Waals surface area contributed by atoms with Crippen LogP contribution in [0.2, 0.25) is 0 Å². The number of hydrogen-bond acceptors (Lipinski definition) is 5. The van der Waals surface area contributed by atoms with Crippen molar-refractivity contribution in [2.45, 2.75) is 31.4 Å². The summed E-state index contributed by atoms with van der Waals surface area (Å²) in [6.45, 7) is 1.23. The molecule has 0 heterocycles. The fourth-order valence-corrected chi connectivity index (χ4v) is 2.80. The number of carbonyl (C=O) groups excluding carboxylic acids is 3. The summed E-state index contributed by atoms with van der Waals surface area (Å²) >= 11 is 0. The Kier molecular flexibility index (Phi) is 7.00. The quantitative estimate of drug-likeness (QED) is 0.245. The van der Waals surface area contributed by atoms with Crippen LogP contribution < -0.4 is 10.8 Å². The van der Waals surface area contributed by atoms with E-state index in [1.807, 2.05) is 0 Å². The number of amides is 3. The lowest BCUT2D eigenvalue weighted by atomic mass is 9.83. The van der Waals surface area contributed by atoms with Crippen molar-refractivity contribution in [3.8, 4) is 23.7 Å². The van der Waals surface area contributed by atoms with Crippen molar-refractivity contribution in [2.24, 2.45) is 5.92 Å². The topological polar surface area (TPSA) is 119 Å². The van der Waals surface area contributed by atoms with Gasteiger partial charge in [0.05, 0.1) is 6.10 Å². The minimum absolute atomic E-state index is 0.195. The molecule has 0 bridgehead atoms. The van der Waals surface area contributed by atoms with Crippen LogP contribution in [0.3, 0.4) is 0 Å². The Morgan fingerprint density at radius 2 is 1.76 bits per heavy atom. The zero-order valence-electron chi connectivity index (χ0n) is 16.4. The predicted octanol–water partition coefficient (Wildman–Crippen LogP) is -0.105. The molecule has 1 atom stereocenters. The van der Waals surface area contributed by atoms with Gasteiger partial charge in [-0.3, -0.25) is 19.6 Å². The Hall–Kier alpha value is -3.33. The van der Waals surface area contributed by atoms with Crippen LogP contribution in [-0.2, 0) is 9.59 Å². The van der Waals surface area contributed by atoms with E-state index in [1.165, 1.54) is 38.6 Å². The van der Waals surface area contributed by atoms with Crippen molar-refractivity contribution in [3.05, 3.63) is 35.4 Å². The van der Waals surface area contributed by atoms with E-state index in [1.54, 1.807) is 12.1 Å². The largest absolute Gasteiger partial charge is 0.393 e. The third kappa shape index (κ3) is 4.75. The summed E-state index contributed by atoms with van der Waals surface area (Å²) in [5.41, 5.74) is 0.377. The maximum atomic E-state index is 12.8. The van der Waals surface area contributed by atoms with Gasteiger partial charge >= 0.3 is 0 Å². The second kappa shape index (κ2) is 9.24. The predicted molar refractivity (Wildman–Crippen MR) is 104 cm³/mol. The van der Waals surface area contributed by atoms with Gasteiger partial charge in [0.1, 0.15) is 0 Å². The van der Waals surface area contributed by atoms with Gasteiger partial charge in [-0.2, -0.15) is 0 Å². The lowest BCUT2D eigenvalue weighted by molar-refractivity contribution is -0.148. The second-order valence-corrected chi connectivity index (χ2v) is 6.88. The Balaban J connectivity index is 2.13. The summed E-state index contributed by atoms with van der Waals surface area (Å²) in [4.78, 5) is 37.9. The zero-order valence-corrected chi connectivity index (χ0v) is 16.4. The highest BCUT2D eigenvalue weighted by Crippen LogP contribution is 2.25. The van der Waals surface area contributed by atoms with Gasteiger partial charge in [0.2, 0.25) is 0 Å². The van der Waals surface area contributed by atoms with Crippen LogP contribution in [0.5, 0.6) is 0 Å². The molecule has 1 fully saturated rings. The molecule has 0 radical (unpaired) electrons. The molecule has 1 unspecified atom stereocenters. The van der Waals surface area contributed by atoms with Crippen LogP contribution in [-0.4, -0.2) is 58.7 Å². The summed E-state index contributed by atoms with van der Waals surface area (Å²) < 4.78 is 0. The molecular formula is C21H23N3O5. The summed E-state index contributed by atoms with van der Waals surface area (Å²) in [6.07, 6.45) is 1.11. The van der Waals surface area contributed by atoms with Crippen LogP contribution in [0.15, 0.2) is 24.3 Å². The normalized spacial score (nSPS) is 19.1. The molecule has 2 rings (SSSR count). The lowest BCUT2D eigenvalue weighted by Gasteiger charge is -2.34. The Morgan fingerprint density at radius 3 is 2.28 bits per heavy atom. The lowest BCUT2D eigenvalue weighted by Crippen LogP contribution is -2.64. The first kappa shape index (κ1) is 22.0. The standard InChI is InChI=1S/C21H23N3O5/c1-21(19(27)22-2,20(28)23-29)24(3)18(26)16-10-8-14(9-11-16)6-4-5-7-15-12-17(25)13-15/h8-11,15,17,25,29H,12-13H2,1-3H3,(H,22,27)(H,23,28). The molecule has 0 aromatic heterocycles. The number of likely N-dealkylation sites (N-methyl/N-ethyl adjacent to an activating group) is 2. The van der Waals surface area contributed by atoms with Crippen LogP contribution in [0.1, 0.15) is 35.7 Å². The second-order valence-electron chi connectivity index (χ2n) is 6.88. The van der Waals surface area contributed by atoms with E-state index < -0.39 is 23.3 Å². The van der Waals surface area contributed by atoms with E-state index in [4.69, 9.17) is 5.21 Å². The molecule has 0 spiro atoms. The molecule has 0 saturated heterocycles. The summed E-state index contributed by atoms with van der Waals surface area (Å²) in [7, 11) is 2.63. The molecule has 1 aliphatic rings. The number of aliphatic hydroxyl groups excluding tert-OH is 1. The molecule has 1 aromatic rings. The van der Waals surface area contributed by atoms with Crippen molar-refractivity contribution >= 4 is 17.7 Å². The molecule has 29 heavy (non-hydrogen) atoms. The highest BCUT2D eigenvalue weighted by atomic mass is 16.5.